The van der Waals surface area contributed by atoms with Gasteiger partial charge in [0.15, 0.2) is 0 Å². The average molecular weight is 351 g/mol. The van der Waals surface area contributed by atoms with Gasteiger partial charge in [0, 0.05) is 17.8 Å². The number of carbonyl (C=O) groups is 1. The predicted octanol–water partition coefficient (Wildman–Crippen LogP) is 2.42. The van der Waals surface area contributed by atoms with Crippen LogP contribution in [0.1, 0.15) is 65.7 Å². The molecule has 6 atom stereocenters. The van der Waals surface area contributed by atoms with Gasteiger partial charge in [-0.05, 0) is 31.6 Å². The van der Waals surface area contributed by atoms with Crippen LogP contribution in [0.25, 0.3) is 0 Å². The van der Waals surface area contributed by atoms with Crippen molar-refractivity contribution in [2.45, 2.75) is 77.9 Å². The molecule has 4 heteroatoms. The van der Waals surface area contributed by atoms with E-state index in [0.29, 0.717) is 5.92 Å². The molecule has 0 radical (unpaired) electrons. The summed E-state index contributed by atoms with van der Waals surface area (Å²) in [6, 6.07) is 0. The molecule has 0 aromatic carbocycles. The molecule has 1 aliphatic heterocycles. The molecular formula is C21H36NO3+. The van der Waals surface area contributed by atoms with Gasteiger partial charge in [-0.25, -0.2) is 0 Å². The second-order valence-corrected chi connectivity index (χ2v) is 8.67. The number of fused-ring (bicyclic) bond motifs is 2. The van der Waals surface area contributed by atoms with Crippen LogP contribution in [0.15, 0.2) is 11.6 Å². The Kier molecular flexibility index (Phi) is 5.89. The maximum Gasteiger partial charge on any atom is 0.315 e. The van der Waals surface area contributed by atoms with Gasteiger partial charge in [0.2, 0.25) is 0 Å². The molecule has 2 aliphatic carbocycles. The van der Waals surface area contributed by atoms with Crippen molar-refractivity contribution in [3.8, 4) is 0 Å². The van der Waals surface area contributed by atoms with Crippen molar-refractivity contribution in [3.05, 3.63) is 11.6 Å². The van der Waals surface area contributed by atoms with Gasteiger partial charge in [-0.2, -0.15) is 0 Å². The summed E-state index contributed by atoms with van der Waals surface area (Å²) < 4.78 is 5.71. The van der Waals surface area contributed by atoms with E-state index in [-0.39, 0.29) is 29.3 Å². The van der Waals surface area contributed by atoms with Crippen LogP contribution in [-0.2, 0) is 9.53 Å². The monoisotopic (exact) mass is 350 g/mol. The van der Waals surface area contributed by atoms with E-state index in [9.17, 15) is 9.90 Å². The van der Waals surface area contributed by atoms with E-state index in [0.717, 1.165) is 32.4 Å². The molecule has 3 N–H and O–H groups in total. The van der Waals surface area contributed by atoms with Crippen molar-refractivity contribution >= 4 is 5.97 Å². The van der Waals surface area contributed by atoms with Crippen LogP contribution < -0.4 is 5.32 Å². The maximum atomic E-state index is 12.5. The summed E-state index contributed by atoms with van der Waals surface area (Å²) in [5.41, 5.74) is 1.13. The van der Waals surface area contributed by atoms with Crippen LogP contribution in [0, 0.1) is 23.2 Å². The Bertz CT molecular complexity index is 517. The Hall–Kier alpha value is -0.870. The number of quaternary nitrogens is 1. The molecular weight excluding hydrogens is 314 g/mol. The highest BCUT2D eigenvalue weighted by atomic mass is 16.6. The van der Waals surface area contributed by atoms with E-state index in [1.54, 1.807) is 0 Å². The molecule has 0 spiro atoms. The van der Waals surface area contributed by atoms with Crippen LogP contribution in [0.5, 0.6) is 0 Å². The molecule has 0 aromatic heterocycles. The Morgan fingerprint density at radius 2 is 2.16 bits per heavy atom. The predicted molar refractivity (Wildman–Crippen MR) is 97.9 cm³/mol. The van der Waals surface area contributed by atoms with Crippen LogP contribution in [0.3, 0.4) is 0 Å². The fraction of sp³-hybridized carbons (Fsp3) is 0.857. The third-order valence-electron chi connectivity index (χ3n) is 7.25. The fourth-order valence-electron chi connectivity index (χ4n) is 5.34. The minimum absolute atomic E-state index is 0.0397. The standard InChI is InChI=1S/C21H35NO3/c1-4-5-6-7-11-22-13-16-18-17(25-20(16)24)12-15-10-8-9-14(2)21(15,3)19(18)23/h10,14,16-19,22-23H,4-9,11-13H2,1-3H3/p+1/t14-,16+,17+,18-,19-,21+/m1/s1. The summed E-state index contributed by atoms with van der Waals surface area (Å²) in [6.45, 7) is 8.50. The molecule has 1 heterocycles. The molecule has 3 aliphatic rings. The lowest BCUT2D eigenvalue weighted by atomic mass is 9.55. The third kappa shape index (κ3) is 3.40. The molecule has 1 saturated carbocycles. The number of hydrogen-bond donors (Lipinski definition) is 2. The molecule has 0 bridgehead atoms. The van der Waals surface area contributed by atoms with Gasteiger partial charge in [0.1, 0.15) is 12.0 Å². The first-order valence-electron chi connectivity index (χ1n) is 10.4. The van der Waals surface area contributed by atoms with E-state index in [2.05, 4.69) is 32.2 Å². The molecule has 1 saturated heterocycles. The van der Waals surface area contributed by atoms with Crippen molar-refractivity contribution in [2.75, 3.05) is 13.1 Å². The molecule has 4 nitrogen and oxygen atoms in total. The van der Waals surface area contributed by atoms with Crippen LogP contribution in [0.4, 0.5) is 0 Å². The topological polar surface area (TPSA) is 63.1 Å². The number of aliphatic hydroxyl groups is 1. The van der Waals surface area contributed by atoms with E-state index in [1.807, 2.05) is 0 Å². The zero-order valence-corrected chi connectivity index (χ0v) is 16.2. The van der Waals surface area contributed by atoms with Crippen LogP contribution in [0.2, 0.25) is 0 Å². The van der Waals surface area contributed by atoms with Gasteiger partial charge in [0.05, 0.1) is 19.2 Å². The minimum atomic E-state index is -0.474. The Morgan fingerprint density at radius 1 is 1.36 bits per heavy atom. The number of hydrogen-bond acceptors (Lipinski definition) is 3. The molecule has 0 aromatic rings. The summed E-state index contributed by atoms with van der Waals surface area (Å²) in [6.07, 6.45) is 9.72. The van der Waals surface area contributed by atoms with Gasteiger partial charge < -0.3 is 15.2 Å². The highest BCUT2D eigenvalue weighted by Crippen LogP contribution is 2.55. The minimum Gasteiger partial charge on any atom is -0.461 e. The summed E-state index contributed by atoms with van der Waals surface area (Å²) in [5.74, 6) is 0.174. The number of rotatable bonds is 7. The van der Waals surface area contributed by atoms with E-state index < -0.39 is 6.10 Å². The first-order chi connectivity index (χ1) is 12.0. The van der Waals surface area contributed by atoms with Crippen molar-refractivity contribution in [2.24, 2.45) is 23.2 Å². The maximum absolute atomic E-state index is 12.5. The van der Waals surface area contributed by atoms with Crippen molar-refractivity contribution in [1.82, 2.24) is 0 Å². The number of esters is 1. The second-order valence-electron chi connectivity index (χ2n) is 8.67. The van der Waals surface area contributed by atoms with Gasteiger partial charge in [-0.1, -0.05) is 45.3 Å². The van der Waals surface area contributed by atoms with Crippen LogP contribution >= 0.6 is 0 Å². The lowest BCUT2D eigenvalue weighted by molar-refractivity contribution is -0.659. The second kappa shape index (κ2) is 7.79. The van der Waals surface area contributed by atoms with E-state index in [4.69, 9.17) is 4.74 Å². The Balaban J connectivity index is 1.66. The molecule has 0 unspecified atom stereocenters. The molecule has 25 heavy (non-hydrogen) atoms. The van der Waals surface area contributed by atoms with Crippen molar-refractivity contribution in [1.29, 1.82) is 0 Å². The lowest BCUT2D eigenvalue weighted by Gasteiger charge is -2.51. The Labute approximate surface area is 152 Å². The van der Waals surface area contributed by atoms with Gasteiger partial charge in [-0.3, -0.25) is 4.79 Å². The van der Waals surface area contributed by atoms with E-state index in [1.165, 1.54) is 31.3 Å². The molecule has 2 fully saturated rings. The van der Waals surface area contributed by atoms with Gasteiger partial charge >= 0.3 is 5.97 Å². The first kappa shape index (κ1) is 18.9. The summed E-state index contributed by atoms with van der Waals surface area (Å²) >= 11 is 0. The number of aliphatic hydroxyl groups excluding tert-OH is 1. The SMILES string of the molecule is CCCCCC[NH2+]C[C@@H]1C(=O)O[C@H]2CC3=CCC[C@@H](C)[C@]3(C)[C@H](O)[C@@H]21. The number of carbonyl (C=O) groups excluding carboxylic acids is 1. The summed E-state index contributed by atoms with van der Waals surface area (Å²) in [7, 11) is 0. The Morgan fingerprint density at radius 3 is 2.92 bits per heavy atom. The summed E-state index contributed by atoms with van der Waals surface area (Å²) in [5, 5.41) is 13.5. The van der Waals surface area contributed by atoms with E-state index >= 15 is 0 Å². The van der Waals surface area contributed by atoms with Crippen LogP contribution in [-0.4, -0.2) is 36.4 Å². The number of unbranched alkanes of at least 4 members (excludes halogenated alkanes) is 3. The smallest absolute Gasteiger partial charge is 0.315 e. The third-order valence-corrected chi connectivity index (χ3v) is 7.25. The van der Waals surface area contributed by atoms with Crippen molar-refractivity contribution < 1.29 is 20.0 Å². The highest BCUT2D eigenvalue weighted by Gasteiger charge is 2.60. The molecule has 0 amide bonds. The number of ether oxygens (including phenoxy) is 1. The zero-order valence-electron chi connectivity index (χ0n) is 16.2. The largest absolute Gasteiger partial charge is 0.461 e. The highest BCUT2D eigenvalue weighted by molar-refractivity contribution is 5.76. The fourth-order valence-corrected chi connectivity index (χ4v) is 5.34. The molecule has 3 rings (SSSR count). The first-order valence-corrected chi connectivity index (χ1v) is 10.4. The van der Waals surface area contributed by atoms with Gasteiger partial charge in [0.25, 0.3) is 0 Å². The van der Waals surface area contributed by atoms with Crippen molar-refractivity contribution in [3.63, 3.8) is 0 Å². The quantitative estimate of drug-likeness (QED) is 0.421. The number of nitrogens with two attached hydrogens (primary N) is 1. The normalized spacial score (nSPS) is 40.2. The molecule has 142 valence electrons. The lowest BCUT2D eigenvalue weighted by Crippen LogP contribution is -2.86. The zero-order chi connectivity index (χ0) is 18.0. The summed E-state index contributed by atoms with van der Waals surface area (Å²) in [4.78, 5) is 12.5. The average Bonchev–Trinajstić information content (AvgIpc) is 2.89. The van der Waals surface area contributed by atoms with Gasteiger partial charge in [-0.15, -0.1) is 0 Å². The number of allylic oxidation sites excluding steroid dienone is 1.